The molecule has 3 heteroatoms. The number of phenols is 1. The van der Waals surface area contributed by atoms with E-state index in [1.807, 2.05) is 13.8 Å². The maximum absolute atomic E-state index is 13.0. The molecule has 2 nitrogen and oxygen atoms in total. The Hall–Kier alpha value is -1.56. The van der Waals surface area contributed by atoms with Gasteiger partial charge in [-0.15, -0.1) is 0 Å². The van der Waals surface area contributed by atoms with Crippen molar-refractivity contribution in [2.45, 2.75) is 19.8 Å². The van der Waals surface area contributed by atoms with E-state index in [1.165, 1.54) is 12.1 Å². The van der Waals surface area contributed by atoms with E-state index < -0.39 is 11.6 Å². The molecule has 0 saturated carbocycles. The summed E-state index contributed by atoms with van der Waals surface area (Å²) in [6, 6.07) is 4.50. The fraction of sp³-hybridized carbons (Fsp3) is 0.300. The Balaban J connectivity index is 3.32. The number of nitrogens with zero attached hydrogens (tertiary/aromatic N) is 1. The molecule has 0 heterocycles. The third kappa shape index (κ3) is 1.78. The maximum Gasteiger partial charge on any atom is 0.169 e. The predicted octanol–water partition coefficient (Wildman–Crippen LogP) is 2.53. The van der Waals surface area contributed by atoms with Crippen LogP contribution in [-0.2, 0) is 0 Å². The highest BCUT2D eigenvalue weighted by Crippen LogP contribution is 2.25. The molecule has 0 saturated heterocycles. The minimum absolute atomic E-state index is 0.0105. The number of halogens is 1. The van der Waals surface area contributed by atoms with Crippen LogP contribution in [0, 0.1) is 17.1 Å². The lowest BCUT2D eigenvalue weighted by atomic mass is 10.0. The minimum atomic E-state index is -0.734. The van der Waals surface area contributed by atoms with Crippen molar-refractivity contribution < 1.29 is 9.50 Å². The van der Waals surface area contributed by atoms with Gasteiger partial charge >= 0.3 is 0 Å². The Morgan fingerprint density at radius 2 is 2.08 bits per heavy atom. The quantitative estimate of drug-likeness (QED) is 0.719. The van der Waals surface area contributed by atoms with Gasteiger partial charge in [-0.25, -0.2) is 4.39 Å². The molecule has 0 spiro atoms. The molecule has 13 heavy (non-hydrogen) atoms. The van der Waals surface area contributed by atoms with E-state index in [4.69, 9.17) is 10.4 Å². The third-order valence-corrected chi connectivity index (χ3v) is 1.87. The number of phenolic OH excluding ortho intramolecular Hbond substituents is 1. The Morgan fingerprint density at radius 1 is 1.46 bits per heavy atom. The lowest BCUT2D eigenvalue weighted by Gasteiger charge is -2.06. The summed E-state index contributed by atoms with van der Waals surface area (Å²) < 4.78 is 13.0. The molecule has 0 aliphatic rings. The van der Waals surface area contributed by atoms with Gasteiger partial charge in [-0.2, -0.15) is 5.26 Å². The molecule has 0 atom stereocenters. The van der Waals surface area contributed by atoms with Gasteiger partial charge in [0.2, 0.25) is 0 Å². The van der Waals surface area contributed by atoms with Crippen LogP contribution in [0.4, 0.5) is 4.39 Å². The summed E-state index contributed by atoms with van der Waals surface area (Å²) in [6.45, 7) is 3.79. The summed E-state index contributed by atoms with van der Waals surface area (Å²) in [5, 5.41) is 17.7. The fourth-order valence-corrected chi connectivity index (χ4v) is 1.04. The molecular weight excluding hydrogens is 169 g/mol. The highest BCUT2D eigenvalue weighted by atomic mass is 19.1. The van der Waals surface area contributed by atoms with Crippen LogP contribution < -0.4 is 0 Å². The second-order valence-corrected chi connectivity index (χ2v) is 3.17. The third-order valence-electron chi connectivity index (χ3n) is 1.87. The zero-order valence-corrected chi connectivity index (χ0v) is 7.50. The largest absolute Gasteiger partial charge is 0.504 e. The maximum atomic E-state index is 13.0. The lowest BCUT2D eigenvalue weighted by Crippen LogP contribution is -1.91. The number of rotatable bonds is 1. The number of benzene rings is 1. The first-order valence-corrected chi connectivity index (χ1v) is 3.98. The van der Waals surface area contributed by atoms with E-state index in [-0.39, 0.29) is 11.5 Å². The molecular formula is C10H10FNO. The van der Waals surface area contributed by atoms with Crippen molar-refractivity contribution >= 4 is 0 Å². The summed E-state index contributed by atoms with van der Waals surface area (Å²) in [5.41, 5.74) is 0.704. The van der Waals surface area contributed by atoms with Gasteiger partial charge in [0.05, 0.1) is 5.56 Å². The molecule has 0 aromatic heterocycles. The second-order valence-electron chi connectivity index (χ2n) is 3.17. The van der Waals surface area contributed by atoms with Crippen molar-refractivity contribution in [2.24, 2.45) is 0 Å². The first-order valence-electron chi connectivity index (χ1n) is 3.98. The minimum Gasteiger partial charge on any atom is -0.504 e. The highest BCUT2D eigenvalue weighted by Gasteiger charge is 2.10. The van der Waals surface area contributed by atoms with Crippen LogP contribution in [0.3, 0.4) is 0 Å². The standard InChI is InChI=1S/C10H10FNO/c1-6(2)7-3-8(5-12)10(13)9(11)4-7/h3-4,6,13H,1-2H3. The van der Waals surface area contributed by atoms with Gasteiger partial charge in [0.1, 0.15) is 6.07 Å². The molecule has 1 N–H and O–H groups in total. The first kappa shape index (κ1) is 9.53. The normalized spacial score (nSPS) is 10.1. The molecule has 1 rings (SSSR count). The van der Waals surface area contributed by atoms with Crippen LogP contribution >= 0.6 is 0 Å². The summed E-state index contributed by atoms with van der Waals surface area (Å²) in [6.07, 6.45) is 0. The molecule has 0 aliphatic heterocycles. The van der Waals surface area contributed by atoms with E-state index in [0.29, 0.717) is 5.56 Å². The molecule has 0 radical (unpaired) electrons. The topological polar surface area (TPSA) is 44.0 Å². The number of nitriles is 1. The first-order chi connectivity index (χ1) is 6.06. The van der Waals surface area contributed by atoms with Crippen LogP contribution in [-0.4, -0.2) is 5.11 Å². The fourth-order valence-electron chi connectivity index (χ4n) is 1.04. The lowest BCUT2D eigenvalue weighted by molar-refractivity contribution is 0.430. The molecule has 0 aliphatic carbocycles. The monoisotopic (exact) mass is 179 g/mol. The SMILES string of the molecule is CC(C)c1cc(F)c(O)c(C#N)c1. The van der Waals surface area contributed by atoms with Gasteiger partial charge in [0, 0.05) is 0 Å². The number of hydrogen-bond donors (Lipinski definition) is 1. The average Bonchev–Trinajstić information content (AvgIpc) is 2.09. The van der Waals surface area contributed by atoms with E-state index in [9.17, 15) is 4.39 Å². The smallest absolute Gasteiger partial charge is 0.169 e. The van der Waals surface area contributed by atoms with Crippen LogP contribution in [0.5, 0.6) is 5.75 Å². The molecule has 1 aromatic rings. The van der Waals surface area contributed by atoms with E-state index in [2.05, 4.69) is 0 Å². The average molecular weight is 179 g/mol. The van der Waals surface area contributed by atoms with Crippen molar-refractivity contribution in [1.82, 2.24) is 0 Å². The van der Waals surface area contributed by atoms with Crippen LogP contribution in [0.2, 0.25) is 0 Å². The van der Waals surface area contributed by atoms with Crippen molar-refractivity contribution in [3.05, 3.63) is 29.1 Å². The van der Waals surface area contributed by atoms with Gasteiger partial charge in [0.25, 0.3) is 0 Å². The zero-order chi connectivity index (χ0) is 10.0. The molecule has 68 valence electrons. The van der Waals surface area contributed by atoms with Crippen molar-refractivity contribution in [3.8, 4) is 11.8 Å². The van der Waals surface area contributed by atoms with E-state index in [0.717, 1.165) is 0 Å². The Labute approximate surface area is 76.2 Å². The molecule has 0 unspecified atom stereocenters. The van der Waals surface area contributed by atoms with Crippen molar-refractivity contribution in [3.63, 3.8) is 0 Å². The number of hydrogen-bond acceptors (Lipinski definition) is 2. The summed E-state index contributed by atoms with van der Waals surface area (Å²) in [7, 11) is 0. The van der Waals surface area contributed by atoms with Crippen molar-refractivity contribution in [2.75, 3.05) is 0 Å². The molecule has 0 bridgehead atoms. The molecule has 0 amide bonds. The van der Waals surface area contributed by atoms with Crippen LogP contribution in [0.15, 0.2) is 12.1 Å². The van der Waals surface area contributed by atoms with Gasteiger partial charge in [-0.1, -0.05) is 13.8 Å². The number of aromatic hydroxyl groups is 1. The highest BCUT2D eigenvalue weighted by molar-refractivity contribution is 5.46. The van der Waals surface area contributed by atoms with Crippen LogP contribution in [0.1, 0.15) is 30.9 Å². The molecule has 1 aromatic carbocycles. The summed E-state index contributed by atoms with van der Waals surface area (Å²) in [5.74, 6) is -1.16. The van der Waals surface area contributed by atoms with Gasteiger partial charge in [0.15, 0.2) is 11.6 Å². The predicted molar refractivity (Wildman–Crippen MR) is 46.9 cm³/mol. The van der Waals surface area contributed by atoms with E-state index >= 15 is 0 Å². The summed E-state index contributed by atoms with van der Waals surface area (Å²) >= 11 is 0. The Morgan fingerprint density at radius 3 is 2.54 bits per heavy atom. The Bertz CT molecular complexity index is 366. The van der Waals surface area contributed by atoms with Gasteiger partial charge < -0.3 is 5.11 Å². The van der Waals surface area contributed by atoms with Crippen LogP contribution in [0.25, 0.3) is 0 Å². The van der Waals surface area contributed by atoms with Gasteiger partial charge in [-0.3, -0.25) is 0 Å². The summed E-state index contributed by atoms with van der Waals surface area (Å²) in [4.78, 5) is 0. The second kappa shape index (κ2) is 3.44. The van der Waals surface area contributed by atoms with Gasteiger partial charge in [-0.05, 0) is 23.6 Å². The zero-order valence-electron chi connectivity index (χ0n) is 7.50. The Kier molecular flexibility index (Phi) is 2.52. The van der Waals surface area contributed by atoms with E-state index in [1.54, 1.807) is 6.07 Å². The van der Waals surface area contributed by atoms with Crippen molar-refractivity contribution in [1.29, 1.82) is 5.26 Å². The molecule has 0 fully saturated rings.